The maximum atomic E-state index is 13.2. The van der Waals surface area contributed by atoms with E-state index < -0.39 is 11.6 Å². The molecule has 0 unspecified atom stereocenters. The van der Waals surface area contributed by atoms with Gasteiger partial charge in [-0.25, -0.2) is 13.8 Å². The highest BCUT2D eigenvalue weighted by Crippen LogP contribution is 2.17. The zero-order chi connectivity index (χ0) is 11.5. The minimum absolute atomic E-state index is 0.129. The molecule has 2 aromatic rings. The van der Waals surface area contributed by atoms with Crippen LogP contribution < -0.4 is 11.1 Å². The number of hydrogen-bond donors (Lipinski definition) is 2. The Bertz CT molecular complexity index is 487. The number of nitrogens with two attached hydrogens (primary N) is 1. The lowest BCUT2D eigenvalue weighted by Gasteiger charge is -2.05. The van der Waals surface area contributed by atoms with Crippen molar-refractivity contribution in [1.82, 2.24) is 10.1 Å². The van der Waals surface area contributed by atoms with Crippen LogP contribution in [-0.4, -0.2) is 10.1 Å². The van der Waals surface area contributed by atoms with Crippen LogP contribution in [0, 0.1) is 11.6 Å². The van der Waals surface area contributed by atoms with Gasteiger partial charge in [0.1, 0.15) is 0 Å². The van der Waals surface area contributed by atoms with Gasteiger partial charge in [0.05, 0.1) is 12.7 Å². The molecule has 7 heteroatoms. The third kappa shape index (κ3) is 2.08. The van der Waals surface area contributed by atoms with Gasteiger partial charge < -0.3 is 15.6 Å². The van der Waals surface area contributed by atoms with Gasteiger partial charge in [0.2, 0.25) is 0 Å². The van der Waals surface area contributed by atoms with Crippen LogP contribution in [0.2, 0.25) is 0 Å². The van der Waals surface area contributed by atoms with E-state index in [-0.39, 0.29) is 18.2 Å². The van der Waals surface area contributed by atoms with Gasteiger partial charge in [0.15, 0.2) is 29.0 Å². The fraction of sp³-hybridized carbons (Fsp3) is 0.111. The van der Waals surface area contributed by atoms with Gasteiger partial charge in [-0.3, -0.25) is 0 Å². The second-order valence-corrected chi connectivity index (χ2v) is 3.02. The number of aromatic nitrogens is 2. The molecular formula is C9H8F2N4O. The van der Waals surface area contributed by atoms with Crippen LogP contribution >= 0.6 is 0 Å². The molecule has 0 atom stereocenters. The fourth-order valence-electron chi connectivity index (χ4n) is 1.11. The molecule has 0 radical (unpaired) electrons. The second-order valence-electron chi connectivity index (χ2n) is 3.02. The van der Waals surface area contributed by atoms with E-state index in [9.17, 15) is 8.78 Å². The van der Waals surface area contributed by atoms with E-state index in [4.69, 9.17) is 10.3 Å². The first-order chi connectivity index (χ1) is 7.66. The molecule has 0 aromatic carbocycles. The summed E-state index contributed by atoms with van der Waals surface area (Å²) < 4.78 is 30.8. The third-order valence-corrected chi connectivity index (χ3v) is 1.88. The highest BCUT2D eigenvalue weighted by Gasteiger charge is 2.09. The summed E-state index contributed by atoms with van der Waals surface area (Å²) in [7, 11) is 0. The minimum Gasteiger partial charge on any atom is -0.381 e. The Morgan fingerprint density at radius 1 is 1.38 bits per heavy atom. The van der Waals surface area contributed by atoms with E-state index in [1.807, 2.05) is 0 Å². The van der Waals surface area contributed by atoms with Crippen LogP contribution in [-0.2, 0) is 6.54 Å². The third-order valence-electron chi connectivity index (χ3n) is 1.88. The summed E-state index contributed by atoms with van der Waals surface area (Å²) in [4.78, 5) is 3.53. The monoisotopic (exact) mass is 226 g/mol. The number of nitrogens with zero attached hydrogens (tertiary/aromatic N) is 2. The molecular weight excluding hydrogens is 218 g/mol. The average molecular weight is 226 g/mol. The molecule has 2 aromatic heterocycles. The van der Waals surface area contributed by atoms with Crippen LogP contribution in [0.15, 0.2) is 22.9 Å². The number of pyridine rings is 1. The average Bonchev–Trinajstić information content (AvgIpc) is 2.74. The lowest BCUT2D eigenvalue weighted by Crippen LogP contribution is -2.06. The Morgan fingerprint density at radius 2 is 2.19 bits per heavy atom. The highest BCUT2D eigenvalue weighted by atomic mass is 19.1. The number of halogens is 2. The maximum absolute atomic E-state index is 13.2. The first kappa shape index (κ1) is 10.3. The minimum atomic E-state index is -0.886. The smallest absolute Gasteiger partial charge is 0.168 e. The fourth-order valence-corrected chi connectivity index (χ4v) is 1.11. The summed E-state index contributed by atoms with van der Waals surface area (Å²) in [5.41, 5.74) is 5.21. The van der Waals surface area contributed by atoms with Gasteiger partial charge in [0.25, 0.3) is 0 Å². The molecule has 3 N–H and O–H groups in total. The van der Waals surface area contributed by atoms with Crippen molar-refractivity contribution in [3.63, 3.8) is 0 Å². The summed E-state index contributed by atoms with van der Waals surface area (Å²) in [6, 6.07) is 2.28. The van der Waals surface area contributed by atoms with Gasteiger partial charge in [-0.05, 0) is 0 Å². The molecule has 16 heavy (non-hydrogen) atoms. The first-order valence-electron chi connectivity index (χ1n) is 4.42. The van der Waals surface area contributed by atoms with E-state index >= 15 is 0 Å². The van der Waals surface area contributed by atoms with Gasteiger partial charge in [-0.2, -0.15) is 0 Å². The Kier molecular flexibility index (Phi) is 2.67. The van der Waals surface area contributed by atoms with E-state index in [2.05, 4.69) is 15.5 Å². The van der Waals surface area contributed by atoms with Crippen molar-refractivity contribution in [1.29, 1.82) is 0 Å². The Hall–Kier alpha value is -2.18. The van der Waals surface area contributed by atoms with E-state index in [0.29, 0.717) is 11.8 Å². The van der Waals surface area contributed by atoms with Crippen molar-refractivity contribution < 1.29 is 13.3 Å². The van der Waals surface area contributed by atoms with Crippen LogP contribution in [0.1, 0.15) is 5.76 Å². The maximum Gasteiger partial charge on any atom is 0.168 e. The number of anilines is 2. The van der Waals surface area contributed by atoms with Crippen molar-refractivity contribution in [2.45, 2.75) is 6.54 Å². The quantitative estimate of drug-likeness (QED) is 0.830. The van der Waals surface area contributed by atoms with Crippen molar-refractivity contribution >= 4 is 11.6 Å². The predicted octanol–water partition coefficient (Wildman–Crippen LogP) is 1.54. The highest BCUT2D eigenvalue weighted by molar-refractivity contribution is 5.44. The molecule has 0 saturated heterocycles. The van der Waals surface area contributed by atoms with Crippen LogP contribution in [0.4, 0.5) is 20.4 Å². The summed E-state index contributed by atoms with van der Waals surface area (Å²) in [6.45, 7) is 0.189. The van der Waals surface area contributed by atoms with E-state index in [1.54, 1.807) is 6.07 Å². The topological polar surface area (TPSA) is 77.0 Å². The lowest BCUT2D eigenvalue weighted by molar-refractivity contribution is 0.387. The molecule has 5 nitrogen and oxygen atoms in total. The van der Waals surface area contributed by atoms with E-state index in [0.717, 1.165) is 0 Å². The summed E-state index contributed by atoms with van der Waals surface area (Å²) in [5, 5.41) is 6.09. The van der Waals surface area contributed by atoms with Crippen LogP contribution in [0.25, 0.3) is 0 Å². The largest absolute Gasteiger partial charge is 0.381 e. The van der Waals surface area contributed by atoms with Gasteiger partial charge in [-0.1, -0.05) is 5.16 Å². The zero-order valence-electron chi connectivity index (χ0n) is 8.08. The Morgan fingerprint density at radius 3 is 2.88 bits per heavy atom. The molecule has 2 rings (SSSR count). The zero-order valence-corrected chi connectivity index (χ0v) is 8.08. The van der Waals surface area contributed by atoms with Crippen LogP contribution in [0.3, 0.4) is 0 Å². The molecule has 0 spiro atoms. The molecule has 2 heterocycles. The molecule has 0 aliphatic heterocycles. The SMILES string of the molecule is Nc1nc(NCc2ccno2)c(F)cc1F. The summed E-state index contributed by atoms with van der Waals surface area (Å²) in [6.07, 6.45) is 1.46. The van der Waals surface area contributed by atoms with Gasteiger partial charge in [-0.15, -0.1) is 0 Å². The molecule has 0 saturated carbocycles. The number of rotatable bonds is 3. The molecule has 0 bridgehead atoms. The van der Waals surface area contributed by atoms with Crippen molar-refractivity contribution in [3.05, 3.63) is 35.7 Å². The van der Waals surface area contributed by atoms with Crippen LogP contribution in [0.5, 0.6) is 0 Å². The van der Waals surface area contributed by atoms with E-state index in [1.165, 1.54) is 6.20 Å². The van der Waals surface area contributed by atoms with Gasteiger partial charge in [0, 0.05) is 12.1 Å². The van der Waals surface area contributed by atoms with Crippen molar-refractivity contribution in [2.75, 3.05) is 11.1 Å². The Labute approximate surface area is 89.3 Å². The first-order valence-corrected chi connectivity index (χ1v) is 4.42. The number of hydrogen-bond acceptors (Lipinski definition) is 5. The standard InChI is InChI=1S/C9H8F2N4O/c10-6-3-7(11)9(15-8(6)12)13-4-5-1-2-14-16-5/h1-3H,4H2,(H3,12,13,15). The molecule has 0 fully saturated rings. The lowest BCUT2D eigenvalue weighted by atomic mass is 10.4. The predicted molar refractivity (Wildman–Crippen MR) is 52.4 cm³/mol. The van der Waals surface area contributed by atoms with Crippen molar-refractivity contribution in [3.8, 4) is 0 Å². The molecule has 84 valence electrons. The number of nitrogens with one attached hydrogen (secondary N) is 1. The normalized spacial score (nSPS) is 10.4. The molecule has 0 amide bonds. The van der Waals surface area contributed by atoms with Gasteiger partial charge >= 0.3 is 0 Å². The summed E-state index contributed by atoms with van der Waals surface area (Å²) in [5.74, 6) is -1.69. The number of nitrogen functional groups attached to an aromatic ring is 1. The summed E-state index contributed by atoms with van der Waals surface area (Å²) >= 11 is 0. The molecule has 0 aliphatic carbocycles. The molecule has 0 aliphatic rings. The Balaban J connectivity index is 2.12. The second kappa shape index (κ2) is 4.13. The van der Waals surface area contributed by atoms with Crippen molar-refractivity contribution in [2.24, 2.45) is 0 Å².